The molecule has 0 unspecified atom stereocenters. The number of hydrogen-bond acceptors (Lipinski definition) is 4. The Morgan fingerprint density at radius 2 is 1.65 bits per heavy atom. The Kier molecular flexibility index (Phi) is 7.76. The van der Waals surface area contributed by atoms with E-state index in [0.29, 0.717) is 23.4 Å². The second kappa shape index (κ2) is 10.5. The number of hydrogen-bond donors (Lipinski definition) is 2. The number of carbonyl (C=O) groups is 1. The van der Waals surface area contributed by atoms with Gasteiger partial charge in [-0.2, -0.15) is 11.8 Å². The molecule has 3 rings (SSSR count). The van der Waals surface area contributed by atoms with Crippen LogP contribution in [0.25, 0.3) is 0 Å². The van der Waals surface area contributed by atoms with Crippen molar-refractivity contribution in [1.82, 2.24) is 5.32 Å². The van der Waals surface area contributed by atoms with Crippen molar-refractivity contribution >= 4 is 33.4 Å². The highest BCUT2D eigenvalue weighted by Gasteiger charge is 2.16. The van der Waals surface area contributed by atoms with Crippen molar-refractivity contribution in [2.75, 3.05) is 17.0 Å². The number of carbonyl (C=O) groups excluding carboxylic acids is 1. The highest BCUT2D eigenvalue weighted by atomic mass is 32.2. The van der Waals surface area contributed by atoms with Crippen LogP contribution in [0.2, 0.25) is 0 Å². The predicted octanol–water partition coefficient (Wildman–Crippen LogP) is 4.77. The molecule has 7 heteroatoms. The molecule has 0 atom stereocenters. The second-order valence-corrected chi connectivity index (χ2v) is 10.0. The molecule has 0 spiro atoms. The minimum atomic E-state index is -3.68. The zero-order chi connectivity index (χ0) is 22.3. The van der Waals surface area contributed by atoms with Crippen molar-refractivity contribution in [1.29, 1.82) is 0 Å². The lowest BCUT2D eigenvalue weighted by molar-refractivity contribution is 0.0956. The Morgan fingerprint density at radius 1 is 0.935 bits per heavy atom. The van der Waals surface area contributed by atoms with Crippen molar-refractivity contribution < 1.29 is 13.2 Å². The molecule has 3 aromatic rings. The molecule has 162 valence electrons. The van der Waals surface area contributed by atoms with Gasteiger partial charge in [0.2, 0.25) is 0 Å². The van der Waals surface area contributed by atoms with Gasteiger partial charge < -0.3 is 5.32 Å². The van der Waals surface area contributed by atoms with Crippen LogP contribution in [-0.2, 0) is 15.8 Å². The largest absolute Gasteiger partial charge is 0.351 e. The number of rotatable bonds is 9. The molecule has 0 radical (unpaired) electrons. The van der Waals surface area contributed by atoms with Gasteiger partial charge in [0.05, 0.1) is 10.6 Å². The second-order valence-electron chi connectivity index (χ2n) is 7.24. The number of sulfonamides is 1. The lowest BCUT2D eigenvalue weighted by atomic mass is 10.1. The fourth-order valence-corrected chi connectivity index (χ4v) is 4.89. The van der Waals surface area contributed by atoms with Gasteiger partial charge in [-0.1, -0.05) is 48.0 Å². The molecule has 2 N–H and O–H groups in total. The van der Waals surface area contributed by atoms with Crippen molar-refractivity contribution in [2.45, 2.75) is 24.5 Å². The maximum atomic E-state index is 12.6. The average molecular weight is 455 g/mol. The molecule has 0 saturated heterocycles. The standard InChI is InChI=1S/C24H26N2O3S2/c1-18-8-11-22(12-9-18)31(28,29)26-23-13-10-21(16-19(23)2)24(27)25-14-15-30-17-20-6-4-3-5-7-20/h3-13,16,26H,14-15,17H2,1-2H3,(H,25,27). The molecule has 0 aliphatic heterocycles. The molecule has 0 aliphatic carbocycles. The van der Waals surface area contributed by atoms with Gasteiger partial charge in [0.15, 0.2) is 0 Å². The molecule has 3 aromatic carbocycles. The zero-order valence-electron chi connectivity index (χ0n) is 17.6. The van der Waals surface area contributed by atoms with Crippen molar-refractivity contribution in [3.05, 3.63) is 95.1 Å². The molecule has 31 heavy (non-hydrogen) atoms. The van der Waals surface area contributed by atoms with Crippen LogP contribution in [-0.4, -0.2) is 26.6 Å². The Balaban J connectivity index is 1.53. The van der Waals surface area contributed by atoms with E-state index >= 15 is 0 Å². The molecule has 0 fully saturated rings. The van der Waals surface area contributed by atoms with E-state index < -0.39 is 10.0 Å². The molecule has 5 nitrogen and oxygen atoms in total. The fourth-order valence-electron chi connectivity index (χ4n) is 2.94. The normalized spacial score (nSPS) is 11.2. The van der Waals surface area contributed by atoms with E-state index in [1.54, 1.807) is 61.2 Å². The minimum absolute atomic E-state index is 0.170. The van der Waals surface area contributed by atoms with Crippen LogP contribution in [0.3, 0.4) is 0 Å². The lowest BCUT2D eigenvalue weighted by Gasteiger charge is -2.12. The predicted molar refractivity (Wildman–Crippen MR) is 128 cm³/mol. The van der Waals surface area contributed by atoms with E-state index in [2.05, 4.69) is 22.2 Å². The summed E-state index contributed by atoms with van der Waals surface area (Å²) in [5.74, 6) is 1.55. The van der Waals surface area contributed by atoms with Crippen molar-refractivity contribution in [3.63, 3.8) is 0 Å². The first-order valence-corrected chi connectivity index (χ1v) is 12.6. The number of amides is 1. The zero-order valence-corrected chi connectivity index (χ0v) is 19.2. The molecule has 0 saturated carbocycles. The Bertz CT molecular complexity index is 1130. The summed E-state index contributed by atoms with van der Waals surface area (Å²) < 4.78 is 27.8. The first-order chi connectivity index (χ1) is 14.8. The fraction of sp³-hybridized carbons (Fsp3) is 0.208. The summed E-state index contributed by atoms with van der Waals surface area (Å²) in [6, 6.07) is 21.8. The van der Waals surface area contributed by atoms with Gasteiger partial charge in [-0.25, -0.2) is 8.42 Å². The van der Waals surface area contributed by atoms with Crippen LogP contribution in [0, 0.1) is 13.8 Å². The van der Waals surface area contributed by atoms with Gasteiger partial charge in [-0.05, 0) is 55.3 Å². The molecule has 0 aromatic heterocycles. The van der Waals surface area contributed by atoms with Crippen LogP contribution in [0.4, 0.5) is 5.69 Å². The Hall–Kier alpha value is -2.77. The Labute approximate surface area is 188 Å². The third-order valence-electron chi connectivity index (χ3n) is 4.71. The maximum absolute atomic E-state index is 12.6. The first kappa shape index (κ1) is 22.9. The van der Waals surface area contributed by atoms with Gasteiger partial charge in [-0.15, -0.1) is 0 Å². The Morgan fingerprint density at radius 3 is 2.32 bits per heavy atom. The third-order valence-corrected chi connectivity index (χ3v) is 7.12. The van der Waals surface area contributed by atoms with Crippen molar-refractivity contribution in [2.24, 2.45) is 0 Å². The number of thioether (sulfide) groups is 1. The number of nitrogens with one attached hydrogen (secondary N) is 2. The maximum Gasteiger partial charge on any atom is 0.261 e. The van der Waals surface area contributed by atoms with E-state index in [9.17, 15) is 13.2 Å². The highest BCUT2D eigenvalue weighted by molar-refractivity contribution is 7.98. The van der Waals surface area contributed by atoms with Gasteiger partial charge in [0, 0.05) is 23.6 Å². The quantitative estimate of drug-likeness (QED) is 0.457. The molecule has 0 heterocycles. The summed E-state index contributed by atoms with van der Waals surface area (Å²) in [4.78, 5) is 12.6. The monoisotopic (exact) mass is 454 g/mol. The SMILES string of the molecule is Cc1ccc(S(=O)(=O)Nc2ccc(C(=O)NCCSCc3ccccc3)cc2C)cc1. The lowest BCUT2D eigenvalue weighted by Crippen LogP contribution is -2.26. The smallest absolute Gasteiger partial charge is 0.261 e. The number of aryl methyl sites for hydroxylation is 2. The van der Waals surface area contributed by atoms with Crippen LogP contribution in [0.15, 0.2) is 77.7 Å². The van der Waals surface area contributed by atoms with Gasteiger partial charge in [0.25, 0.3) is 15.9 Å². The van der Waals surface area contributed by atoms with Gasteiger partial charge >= 0.3 is 0 Å². The van der Waals surface area contributed by atoms with Crippen LogP contribution >= 0.6 is 11.8 Å². The molecule has 0 bridgehead atoms. The van der Waals surface area contributed by atoms with Crippen LogP contribution in [0.1, 0.15) is 27.0 Å². The molecule has 0 aliphatic rings. The van der Waals surface area contributed by atoms with E-state index in [-0.39, 0.29) is 10.8 Å². The minimum Gasteiger partial charge on any atom is -0.351 e. The van der Waals surface area contributed by atoms with Crippen LogP contribution < -0.4 is 10.0 Å². The number of anilines is 1. The molecule has 1 amide bonds. The third kappa shape index (κ3) is 6.60. The van der Waals surface area contributed by atoms with E-state index in [4.69, 9.17) is 0 Å². The van der Waals surface area contributed by atoms with Crippen LogP contribution in [0.5, 0.6) is 0 Å². The molecular weight excluding hydrogens is 428 g/mol. The summed E-state index contributed by atoms with van der Waals surface area (Å²) in [7, 11) is -3.68. The summed E-state index contributed by atoms with van der Waals surface area (Å²) >= 11 is 1.76. The topological polar surface area (TPSA) is 75.3 Å². The van der Waals surface area contributed by atoms with E-state index in [0.717, 1.165) is 17.1 Å². The average Bonchev–Trinajstić information content (AvgIpc) is 2.75. The van der Waals surface area contributed by atoms with Gasteiger partial charge in [-0.3, -0.25) is 9.52 Å². The van der Waals surface area contributed by atoms with Crippen molar-refractivity contribution in [3.8, 4) is 0 Å². The first-order valence-electron chi connectivity index (χ1n) is 9.95. The number of benzene rings is 3. The van der Waals surface area contributed by atoms with E-state index in [1.165, 1.54) is 5.56 Å². The molecular formula is C24H26N2O3S2. The van der Waals surface area contributed by atoms with E-state index in [1.807, 2.05) is 25.1 Å². The summed E-state index contributed by atoms with van der Waals surface area (Å²) in [5.41, 5.74) is 3.89. The van der Waals surface area contributed by atoms with Gasteiger partial charge in [0.1, 0.15) is 0 Å². The summed E-state index contributed by atoms with van der Waals surface area (Å²) in [6.45, 7) is 4.25. The summed E-state index contributed by atoms with van der Waals surface area (Å²) in [5, 5.41) is 2.91. The highest BCUT2D eigenvalue weighted by Crippen LogP contribution is 2.21. The summed E-state index contributed by atoms with van der Waals surface area (Å²) in [6.07, 6.45) is 0.